The van der Waals surface area contributed by atoms with Crippen LogP contribution in [-0.4, -0.2) is 35.7 Å². The first-order valence-electron chi connectivity index (χ1n) is 7.13. The Morgan fingerprint density at radius 2 is 1.83 bits per heavy atom. The largest absolute Gasteiger partial charge is 0.394 e. The predicted molar refractivity (Wildman–Crippen MR) is 85.1 cm³/mol. The van der Waals surface area contributed by atoms with E-state index in [4.69, 9.17) is 5.11 Å². The summed E-state index contributed by atoms with van der Waals surface area (Å²) in [6.45, 7) is 1.54. The lowest BCUT2D eigenvalue weighted by Gasteiger charge is -2.23. The Labute approximate surface area is 133 Å². The van der Waals surface area contributed by atoms with Gasteiger partial charge in [0.1, 0.15) is 11.6 Å². The van der Waals surface area contributed by atoms with Crippen molar-refractivity contribution >= 4 is 11.7 Å². The van der Waals surface area contributed by atoms with Crippen LogP contribution in [0.5, 0.6) is 0 Å². The minimum Gasteiger partial charge on any atom is -0.394 e. The summed E-state index contributed by atoms with van der Waals surface area (Å²) in [5, 5.41) is 11.7. The molecule has 1 atom stereocenters. The fourth-order valence-electron chi connectivity index (χ4n) is 2.06. The molecule has 0 spiro atoms. The lowest BCUT2D eigenvalue weighted by Crippen LogP contribution is -2.40. The molecule has 2 aromatic carbocycles. The van der Waals surface area contributed by atoms with Crippen molar-refractivity contribution in [3.05, 3.63) is 54.1 Å². The smallest absolute Gasteiger partial charge is 0.321 e. The number of hydrogen-bond donors (Lipinski definition) is 2. The zero-order valence-corrected chi connectivity index (χ0v) is 12.9. The number of urea groups is 1. The third kappa shape index (κ3) is 3.84. The summed E-state index contributed by atoms with van der Waals surface area (Å²) in [5.74, 6) is -1.33. The molecular weight excluding hydrogens is 302 g/mol. The quantitative estimate of drug-likeness (QED) is 0.906. The van der Waals surface area contributed by atoms with Gasteiger partial charge in [0.25, 0.3) is 0 Å². The molecule has 0 fully saturated rings. The van der Waals surface area contributed by atoms with Crippen LogP contribution in [0, 0.1) is 11.6 Å². The topological polar surface area (TPSA) is 52.6 Å². The second kappa shape index (κ2) is 7.19. The molecule has 2 N–H and O–H groups in total. The second-order valence-corrected chi connectivity index (χ2v) is 5.25. The molecule has 0 aliphatic carbocycles. The van der Waals surface area contributed by atoms with Crippen LogP contribution < -0.4 is 5.32 Å². The van der Waals surface area contributed by atoms with Gasteiger partial charge < -0.3 is 15.3 Å². The van der Waals surface area contributed by atoms with Gasteiger partial charge in [-0.15, -0.1) is 0 Å². The first-order chi connectivity index (χ1) is 10.9. The van der Waals surface area contributed by atoms with Crippen LogP contribution in [0.4, 0.5) is 19.3 Å². The van der Waals surface area contributed by atoms with Gasteiger partial charge in [-0.3, -0.25) is 0 Å². The molecule has 4 nitrogen and oxygen atoms in total. The van der Waals surface area contributed by atoms with E-state index in [0.29, 0.717) is 11.3 Å². The van der Waals surface area contributed by atoms with Crippen molar-refractivity contribution < 1.29 is 18.7 Å². The third-order valence-corrected chi connectivity index (χ3v) is 3.61. The van der Waals surface area contributed by atoms with E-state index in [1.165, 1.54) is 29.2 Å². The van der Waals surface area contributed by atoms with Crippen LogP contribution in [0.25, 0.3) is 11.1 Å². The summed E-state index contributed by atoms with van der Waals surface area (Å²) in [6, 6.07) is 9.18. The molecule has 122 valence electrons. The van der Waals surface area contributed by atoms with Crippen LogP contribution in [0.1, 0.15) is 6.92 Å². The molecule has 23 heavy (non-hydrogen) atoms. The van der Waals surface area contributed by atoms with Gasteiger partial charge in [-0.05, 0) is 36.8 Å². The number of carbonyl (C=O) groups is 1. The number of nitrogens with one attached hydrogen (secondary N) is 1. The first-order valence-corrected chi connectivity index (χ1v) is 7.13. The highest BCUT2D eigenvalue weighted by Crippen LogP contribution is 2.28. The molecule has 2 amide bonds. The van der Waals surface area contributed by atoms with E-state index < -0.39 is 17.7 Å². The van der Waals surface area contributed by atoms with Crippen molar-refractivity contribution in [1.29, 1.82) is 0 Å². The summed E-state index contributed by atoms with van der Waals surface area (Å²) >= 11 is 0. The van der Waals surface area contributed by atoms with Gasteiger partial charge in [0.05, 0.1) is 18.2 Å². The van der Waals surface area contributed by atoms with Crippen molar-refractivity contribution in [1.82, 2.24) is 4.90 Å². The lowest BCUT2D eigenvalue weighted by molar-refractivity contribution is 0.166. The number of halogens is 2. The van der Waals surface area contributed by atoms with Crippen molar-refractivity contribution in [2.75, 3.05) is 19.0 Å². The molecule has 0 aromatic heterocycles. The lowest BCUT2D eigenvalue weighted by atomic mass is 10.0. The Kier molecular flexibility index (Phi) is 5.28. The molecule has 0 saturated carbocycles. The Hall–Kier alpha value is -2.47. The number of anilines is 1. The monoisotopic (exact) mass is 320 g/mol. The van der Waals surface area contributed by atoms with Crippen LogP contribution in [0.2, 0.25) is 0 Å². The molecule has 0 bridgehead atoms. The van der Waals surface area contributed by atoms with Crippen LogP contribution in [0.3, 0.4) is 0 Å². The van der Waals surface area contributed by atoms with Crippen molar-refractivity contribution in [2.45, 2.75) is 13.0 Å². The average molecular weight is 320 g/mol. The number of amides is 2. The molecule has 0 heterocycles. The number of benzene rings is 2. The van der Waals surface area contributed by atoms with Gasteiger partial charge in [0.15, 0.2) is 0 Å². The molecular formula is C17H18F2N2O2. The number of aliphatic hydroxyl groups excluding tert-OH is 1. The Morgan fingerprint density at radius 3 is 2.43 bits per heavy atom. The maximum Gasteiger partial charge on any atom is 0.321 e. The van der Waals surface area contributed by atoms with E-state index in [0.717, 1.165) is 0 Å². The van der Waals surface area contributed by atoms with Gasteiger partial charge in [0, 0.05) is 12.7 Å². The SMILES string of the molecule is C[C@@H](CO)N(C)C(=O)Nc1cccc(-c2c(F)cccc2F)c1. The highest BCUT2D eigenvalue weighted by molar-refractivity contribution is 5.90. The van der Waals surface area contributed by atoms with Crippen LogP contribution in [-0.2, 0) is 0 Å². The summed E-state index contributed by atoms with van der Waals surface area (Å²) in [5.41, 5.74) is 0.601. The fourth-order valence-corrected chi connectivity index (χ4v) is 2.06. The van der Waals surface area contributed by atoms with Crippen molar-refractivity contribution in [3.8, 4) is 11.1 Å². The van der Waals surface area contributed by atoms with E-state index in [1.54, 1.807) is 32.2 Å². The molecule has 0 aliphatic rings. The summed E-state index contributed by atoms with van der Waals surface area (Å²) < 4.78 is 27.7. The van der Waals surface area contributed by atoms with E-state index in [1.807, 2.05) is 0 Å². The van der Waals surface area contributed by atoms with Crippen molar-refractivity contribution in [3.63, 3.8) is 0 Å². The van der Waals surface area contributed by atoms with Gasteiger partial charge in [-0.1, -0.05) is 18.2 Å². The summed E-state index contributed by atoms with van der Waals surface area (Å²) in [7, 11) is 1.55. The molecule has 0 radical (unpaired) electrons. The normalized spacial score (nSPS) is 11.9. The zero-order valence-electron chi connectivity index (χ0n) is 12.9. The van der Waals surface area contributed by atoms with Gasteiger partial charge in [-0.2, -0.15) is 0 Å². The number of carbonyl (C=O) groups excluding carboxylic acids is 1. The first kappa shape index (κ1) is 16.9. The van der Waals surface area contributed by atoms with Crippen molar-refractivity contribution in [2.24, 2.45) is 0 Å². The third-order valence-electron chi connectivity index (χ3n) is 3.61. The zero-order chi connectivity index (χ0) is 17.0. The Balaban J connectivity index is 2.26. The second-order valence-electron chi connectivity index (χ2n) is 5.25. The Bertz CT molecular complexity index is 686. The number of rotatable bonds is 4. The standard InChI is InChI=1S/C17H18F2N2O2/c1-11(10-22)21(2)17(23)20-13-6-3-5-12(9-13)16-14(18)7-4-8-15(16)19/h3-9,11,22H,10H2,1-2H3,(H,20,23)/t11-/m0/s1. The number of aliphatic hydroxyl groups is 1. The Morgan fingerprint density at radius 1 is 1.22 bits per heavy atom. The molecule has 2 aromatic rings. The summed E-state index contributed by atoms with van der Waals surface area (Å²) in [4.78, 5) is 13.4. The van der Waals surface area contributed by atoms with E-state index in [-0.39, 0.29) is 18.2 Å². The maximum absolute atomic E-state index is 13.8. The average Bonchev–Trinajstić information content (AvgIpc) is 2.53. The molecule has 0 unspecified atom stereocenters. The highest BCUT2D eigenvalue weighted by atomic mass is 19.1. The van der Waals surface area contributed by atoms with Crippen LogP contribution >= 0.6 is 0 Å². The number of nitrogens with zero attached hydrogens (tertiary/aromatic N) is 1. The molecule has 0 saturated heterocycles. The molecule has 6 heteroatoms. The van der Waals surface area contributed by atoms with Crippen LogP contribution in [0.15, 0.2) is 42.5 Å². The predicted octanol–water partition coefficient (Wildman–Crippen LogP) is 3.48. The van der Waals surface area contributed by atoms with Gasteiger partial charge in [0.2, 0.25) is 0 Å². The van der Waals surface area contributed by atoms with E-state index in [2.05, 4.69) is 5.32 Å². The number of hydrogen-bond acceptors (Lipinski definition) is 2. The highest BCUT2D eigenvalue weighted by Gasteiger charge is 2.16. The minimum atomic E-state index is -0.667. The van der Waals surface area contributed by atoms with Gasteiger partial charge >= 0.3 is 6.03 Å². The number of likely N-dealkylation sites (N-methyl/N-ethyl adjacent to an activating group) is 1. The van der Waals surface area contributed by atoms with E-state index >= 15 is 0 Å². The van der Waals surface area contributed by atoms with Gasteiger partial charge in [-0.25, -0.2) is 13.6 Å². The molecule has 0 aliphatic heterocycles. The molecule has 2 rings (SSSR count). The van der Waals surface area contributed by atoms with E-state index in [9.17, 15) is 13.6 Å². The summed E-state index contributed by atoms with van der Waals surface area (Å²) in [6.07, 6.45) is 0. The maximum atomic E-state index is 13.8. The minimum absolute atomic E-state index is 0.138. The fraction of sp³-hybridized carbons (Fsp3) is 0.235.